The molecule has 0 amide bonds. The van der Waals surface area contributed by atoms with E-state index in [2.05, 4.69) is 13.8 Å². The van der Waals surface area contributed by atoms with Crippen LogP contribution in [0.2, 0.25) is 0 Å². The fourth-order valence-electron chi connectivity index (χ4n) is 1.74. The lowest BCUT2D eigenvalue weighted by Gasteiger charge is -1.88. The van der Waals surface area contributed by atoms with Crippen LogP contribution in [0.15, 0.2) is 91.0 Å². The van der Waals surface area contributed by atoms with Crippen molar-refractivity contribution in [2.24, 2.45) is 0 Å². The van der Waals surface area contributed by atoms with Gasteiger partial charge in [-0.1, -0.05) is 81.3 Å². The standard InChI is InChI=1S/3C7H6O2.C4H10/c3*8-7(9)6-4-2-1-3-5-6;1-3-4-2/h3*1-5H,(H,8,9);3-4H2,1-2H3. The largest absolute Gasteiger partial charge is 0.478 e. The van der Waals surface area contributed by atoms with E-state index in [1.807, 2.05) is 0 Å². The fraction of sp³-hybridized carbons (Fsp3) is 0.160. The van der Waals surface area contributed by atoms with Crippen molar-refractivity contribution in [3.8, 4) is 0 Å². The first kappa shape index (κ1) is 27.1. The Morgan fingerprint density at radius 3 is 0.774 bits per heavy atom. The average molecular weight is 424 g/mol. The molecule has 3 aromatic rings. The minimum atomic E-state index is -0.879. The molecule has 0 aromatic heterocycles. The maximum absolute atomic E-state index is 10.2. The Morgan fingerprint density at radius 1 is 0.484 bits per heavy atom. The fourth-order valence-corrected chi connectivity index (χ4v) is 1.74. The van der Waals surface area contributed by atoms with Crippen LogP contribution in [0.25, 0.3) is 0 Å². The van der Waals surface area contributed by atoms with Crippen molar-refractivity contribution in [1.82, 2.24) is 0 Å². The molecule has 0 atom stereocenters. The van der Waals surface area contributed by atoms with E-state index in [4.69, 9.17) is 15.3 Å². The summed E-state index contributed by atoms with van der Waals surface area (Å²) in [5, 5.41) is 25.2. The second kappa shape index (κ2) is 17.0. The molecular weight excluding hydrogens is 396 g/mol. The predicted molar refractivity (Wildman–Crippen MR) is 121 cm³/mol. The Kier molecular flexibility index (Phi) is 14.8. The number of rotatable bonds is 4. The number of unbranched alkanes of at least 4 members (excludes halogenated alkanes) is 1. The van der Waals surface area contributed by atoms with Crippen molar-refractivity contribution < 1.29 is 29.7 Å². The number of benzene rings is 3. The van der Waals surface area contributed by atoms with Crippen LogP contribution in [0.1, 0.15) is 57.8 Å². The number of carbonyl (C=O) groups is 3. The van der Waals surface area contributed by atoms with Crippen LogP contribution in [-0.4, -0.2) is 33.2 Å². The molecule has 0 fully saturated rings. The topological polar surface area (TPSA) is 112 Å². The van der Waals surface area contributed by atoms with Gasteiger partial charge in [-0.15, -0.1) is 0 Å². The summed E-state index contributed by atoms with van der Waals surface area (Å²) in [4.78, 5) is 30.6. The minimum Gasteiger partial charge on any atom is -0.478 e. The molecule has 0 spiro atoms. The van der Waals surface area contributed by atoms with Gasteiger partial charge in [-0.05, 0) is 36.4 Å². The summed E-state index contributed by atoms with van der Waals surface area (Å²) < 4.78 is 0. The second-order valence-corrected chi connectivity index (χ2v) is 6.01. The Balaban J connectivity index is 0.000000402. The number of aromatic carboxylic acids is 3. The summed E-state index contributed by atoms with van der Waals surface area (Å²) in [6, 6.07) is 24.9. The molecule has 0 saturated carbocycles. The van der Waals surface area contributed by atoms with Crippen molar-refractivity contribution in [2.45, 2.75) is 26.7 Å². The Hall–Kier alpha value is -3.93. The third-order valence-electron chi connectivity index (χ3n) is 3.56. The van der Waals surface area contributed by atoms with Crippen LogP contribution < -0.4 is 0 Å². The lowest BCUT2D eigenvalue weighted by molar-refractivity contribution is 0.0686. The summed E-state index contributed by atoms with van der Waals surface area (Å²) in [5.41, 5.74) is 0.993. The highest BCUT2D eigenvalue weighted by Gasteiger charge is 1.98. The van der Waals surface area contributed by atoms with Crippen LogP contribution in [0.4, 0.5) is 0 Å². The highest BCUT2D eigenvalue weighted by molar-refractivity contribution is 5.88. The molecule has 3 aromatic carbocycles. The summed E-state index contributed by atoms with van der Waals surface area (Å²) in [6.45, 7) is 4.36. The predicted octanol–water partition coefficient (Wildman–Crippen LogP) is 5.96. The first-order valence-corrected chi connectivity index (χ1v) is 9.68. The number of hydrogen-bond acceptors (Lipinski definition) is 3. The van der Waals surface area contributed by atoms with Gasteiger partial charge in [0.2, 0.25) is 0 Å². The van der Waals surface area contributed by atoms with Gasteiger partial charge in [0.25, 0.3) is 0 Å². The second-order valence-electron chi connectivity index (χ2n) is 6.01. The summed E-state index contributed by atoms with van der Waals surface area (Å²) in [7, 11) is 0. The quantitative estimate of drug-likeness (QED) is 0.476. The van der Waals surface area contributed by atoms with E-state index < -0.39 is 17.9 Å². The van der Waals surface area contributed by atoms with Gasteiger partial charge in [0.1, 0.15) is 0 Å². The number of hydrogen-bond donors (Lipinski definition) is 3. The van der Waals surface area contributed by atoms with E-state index in [0.29, 0.717) is 16.7 Å². The van der Waals surface area contributed by atoms with Crippen LogP contribution in [0, 0.1) is 0 Å². The van der Waals surface area contributed by atoms with E-state index in [1.54, 1.807) is 91.0 Å². The van der Waals surface area contributed by atoms with Crippen molar-refractivity contribution in [2.75, 3.05) is 0 Å². The van der Waals surface area contributed by atoms with Gasteiger partial charge in [-0.2, -0.15) is 0 Å². The van der Waals surface area contributed by atoms with Gasteiger partial charge >= 0.3 is 17.9 Å². The zero-order valence-corrected chi connectivity index (χ0v) is 17.6. The number of carboxylic acid groups (broad SMARTS) is 3. The lowest BCUT2D eigenvalue weighted by atomic mass is 10.2. The first-order valence-electron chi connectivity index (χ1n) is 9.68. The van der Waals surface area contributed by atoms with Crippen LogP contribution in [0.5, 0.6) is 0 Å². The van der Waals surface area contributed by atoms with Crippen molar-refractivity contribution in [3.63, 3.8) is 0 Å². The zero-order valence-electron chi connectivity index (χ0n) is 17.6. The summed E-state index contributed by atoms with van der Waals surface area (Å²) in [6.07, 6.45) is 2.64. The van der Waals surface area contributed by atoms with Gasteiger partial charge in [0.15, 0.2) is 0 Å². The monoisotopic (exact) mass is 424 g/mol. The third kappa shape index (κ3) is 13.8. The van der Waals surface area contributed by atoms with Crippen LogP contribution >= 0.6 is 0 Å². The molecule has 0 aliphatic carbocycles. The smallest absolute Gasteiger partial charge is 0.335 e. The van der Waals surface area contributed by atoms with Gasteiger partial charge in [-0.3, -0.25) is 0 Å². The Bertz CT molecular complexity index is 758. The van der Waals surface area contributed by atoms with Gasteiger partial charge in [0.05, 0.1) is 16.7 Å². The Morgan fingerprint density at radius 2 is 0.677 bits per heavy atom. The zero-order chi connectivity index (χ0) is 23.5. The normalized spacial score (nSPS) is 8.71. The van der Waals surface area contributed by atoms with Gasteiger partial charge in [-0.25, -0.2) is 14.4 Å². The minimum absolute atomic E-state index is 0.331. The molecule has 0 aliphatic heterocycles. The summed E-state index contributed by atoms with van der Waals surface area (Å²) >= 11 is 0. The molecule has 31 heavy (non-hydrogen) atoms. The molecule has 3 N–H and O–H groups in total. The van der Waals surface area contributed by atoms with E-state index in [0.717, 1.165) is 0 Å². The molecular formula is C25H28O6. The molecule has 3 rings (SSSR count). The van der Waals surface area contributed by atoms with Crippen molar-refractivity contribution >= 4 is 17.9 Å². The molecule has 164 valence electrons. The average Bonchev–Trinajstić information content (AvgIpc) is 2.81. The molecule has 0 unspecified atom stereocenters. The van der Waals surface area contributed by atoms with E-state index in [1.165, 1.54) is 12.8 Å². The first-order chi connectivity index (χ1) is 14.8. The van der Waals surface area contributed by atoms with Gasteiger partial charge in [0, 0.05) is 0 Å². The summed E-state index contributed by atoms with van der Waals surface area (Å²) in [5.74, 6) is -2.64. The maximum atomic E-state index is 10.2. The van der Waals surface area contributed by atoms with Crippen molar-refractivity contribution in [3.05, 3.63) is 108 Å². The van der Waals surface area contributed by atoms with Crippen LogP contribution in [-0.2, 0) is 0 Å². The highest BCUT2D eigenvalue weighted by Crippen LogP contribution is 1.97. The maximum Gasteiger partial charge on any atom is 0.335 e. The van der Waals surface area contributed by atoms with Gasteiger partial charge < -0.3 is 15.3 Å². The molecule has 6 nitrogen and oxygen atoms in total. The Labute approximate surface area is 182 Å². The molecule has 0 bridgehead atoms. The van der Waals surface area contributed by atoms with E-state index in [9.17, 15) is 14.4 Å². The van der Waals surface area contributed by atoms with E-state index >= 15 is 0 Å². The van der Waals surface area contributed by atoms with Crippen molar-refractivity contribution in [1.29, 1.82) is 0 Å². The third-order valence-corrected chi connectivity index (χ3v) is 3.56. The molecule has 0 saturated heterocycles. The number of carboxylic acids is 3. The molecule has 6 heteroatoms. The molecule has 0 heterocycles. The highest BCUT2D eigenvalue weighted by atomic mass is 16.4. The van der Waals surface area contributed by atoms with Crippen LogP contribution in [0.3, 0.4) is 0 Å². The molecule has 0 radical (unpaired) electrons. The molecule has 0 aliphatic rings. The van der Waals surface area contributed by atoms with E-state index in [-0.39, 0.29) is 0 Å². The SMILES string of the molecule is CCCC.O=C(O)c1ccccc1.O=C(O)c1ccccc1.O=C(O)c1ccccc1. The lowest BCUT2D eigenvalue weighted by Crippen LogP contribution is -1.93.